The summed E-state index contributed by atoms with van der Waals surface area (Å²) in [6.45, 7) is 0.272. The smallest absolute Gasteiger partial charge is 0.347 e. The summed E-state index contributed by atoms with van der Waals surface area (Å²) in [5.74, 6) is 7.29. The molecule has 0 aliphatic heterocycles. The van der Waals surface area contributed by atoms with E-state index < -0.39 is 0 Å². The monoisotopic (exact) mass is 359 g/mol. The number of para-hydroxylation sites is 1. The molecule has 1 heterocycles. The molecule has 0 N–H and O–H groups in total. The van der Waals surface area contributed by atoms with Crippen molar-refractivity contribution in [2.24, 2.45) is 0 Å². The summed E-state index contributed by atoms with van der Waals surface area (Å²) in [5, 5.41) is 4.19. The van der Waals surface area contributed by atoms with Crippen molar-refractivity contribution in [1.82, 2.24) is 14.3 Å². The van der Waals surface area contributed by atoms with Crippen LogP contribution in [0.15, 0.2) is 59.4 Å². The van der Waals surface area contributed by atoms with Gasteiger partial charge in [0.2, 0.25) is 0 Å². The zero-order valence-corrected chi connectivity index (χ0v) is 14.5. The molecule has 3 rings (SSSR count). The van der Waals surface area contributed by atoms with Crippen LogP contribution >= 0.6 is 0 Å². The number of ether oxygens (including phenoxy) is 2. The number of hydrogen-bond donors (Lipinski definition) is 0. The summed E-state index contributed by atoms with van der Waals surface area (Å²) in [7, 11) is 0. The minimum atomic E-state index is -0.351. The molecule has 0 saturated heterocycles. The average Bonchev–Trinajstić information content (AvgIpc) is 2.98. The van der Waals surface area contributed by atoms with Crippen LogP contribution in [0.4, 0.5) is 0 Å². The molecule has 0 saturated carbocycles. The Morgan fingerprint density at radius 2 is 1.52 bits per heavy atom. The van der Waals surface area contributed by atoms with Gasteiger partial charge in [-0.3, -0.25) is 4.57 Å². The molecule has 0 radical (unpaired) electrons. The van der Waals surface area contributed by atoms with Crippen LogP contribution in [0, 0.1) is 24.7 Å². The van der Waals surface area contributed by atoms with Gasteiger partial charge >= 0.3 is 5.69 Å². The Balaban J connectivity index is 1.68. The van der Waals surface area contributed by atoms with Crippen LogP contribution in [-0.4, -0.2) is 14.3 Å². The van der Waals surface area contributed by atoms with Gasteiger partial charge in [0, 0.05) is 0 Å². The molecule has 134 valence electrons. The van der Waals surface area contributed by atoms with Gasteiger partial charge in [-0.05, 0) is 36.4 Å². The molecule has 1 aromatic heterocycles. The molecule has 0 bridgehead atoms. The maximum atomic E-state index is 12.2. The third-order valence-electron chi connectivity index (χ3n) is 3.66. The molecule has 0 unspecified atom stereocenters. The molecule has 0 aliphatic rings. The molecule has 27 heavy (non-hydrogen) atoms. The second-order valence-electron chi connectivity index (χ2n) is 5.53. The summed E-state index contributed by atoms with van der Waals surface area (Å²) in [4.78, 5) is 12.2. The van der Waals surface area contributed by atoms with Crippen molar-refractivity contribution < 1.29 is 9.47 Å². The van der Waals surface area contributed by atoms with Gasteiger partial charge in [-0.15, -0.1) is 12.8 Å². The van der Waals surface area contributed by atoms with Crippen LogP contribution in [0.1, 0.15) is 5.82 Å². The molecule has 0 atom stereocenters. The quantitative estimate of drug-likeness (QED) is 0.609. The molecule has 0 aliphatic carbocycles. The lowest BCUT2D eigenvalue weighted by Crippen LogP contribution is -2.25. The standard InChI is InChI=1S/C21H17N3O3/c1-3-14-23-20(22-24(15-4-2)21(23)25)16-26-17-10-12-19(13-11-17)27-18-8-6-5-7-9-18/h1-2,5-13H,14-16H2. The van der Waals surface area contributed by atoms with Gasteiger partial charge in [0.1, 0.15) is 30.4 Å². The van der Waals surface area contributed by atoms with Crippen LogP contribution in [-0.2, 0) is 19.7 Å². The van der Waals surface area contributed by atoms with Crippen molar-refractivity contribution >= 4 is 0 Å². The number of hydrogen-bond acceptors (Lipinski definition) is 4. The summed E-state index contributed by atoms with van der Waals surface area (Å²) < 4.78 is 14.0. The molecular formula is C21H17N3O3. The Hall–Kier alpha value is -3.90. The van der Waals surface area contributed by atoms with Crippen LogP contribution in [0.3, 0.4) is 0 Å². The summed E-state index contributed by atoms with van der Waals surface area (Å²) in [6.07, 6.45) is 10.6. The third kappa shape index (κ3) is 4.39. The molecule has 6 nitrogen and oxygen atoms in total. The van der Waals surface area contributed by atoms with E-state index in [-0.39, 0.29) is 25.4 Å². The maximum absolute atomic E-state index is 12.2. The second-order valence-corrected chi connectivity index (χ2v) is 5.53. The predicted molar refractivity (Wildman–Crippen MR) is 101 cm³/mol. The van der Waals surface area contributed by atoms with E-state index in [1.54, 1.807) is 24.3 Å². The van der Waals surface area contributed by atoms with Crippen LogP contribution in [0.5, 0.6) is 17.2 Å². The van der Waals surface area contributed by atoms with Gasteiger partial charge in [-0.2, -0.15) is 5.10 Å². The van der Waals surface area contributed by atoms with E-state index >= 15 is 0 Å². The Morgan fingerprint density at radius 3 is 2.19 bits per heavy atom. The van der Waals surface area contributed by atoms with Gasteiger partial charge < -0.3 is 9.47 Å². The summed E-state index contributed by atoms with van der Waals surface area (Å²) >= 11 is 0. The maximum Gasteiger partial charge on any atom is 0.347 e. The topological polar surface area (TPSA) is 58.3 Å². The lowest BCUT2D eigenvalue weighted by atomic mass is 10.3. The zero-order chi connectivity index (χ0) is 19.1. The number of aromatic nitrogens is 3. The van der Waals surface area contributed by atoms with E-state index in [1.807, 2.05) is 30.3 Å². The van der Waals surface area contributed by atoms with Crippen LogP contribution < -0.4 is 15.2 Å². The first-order valence-electron chi connectivity index (χ1n) is 8.20. The number of benzene rings is 2. The molecule has 0 spiro atoms. The number of nitrogens with zero attached hydrogens (tertiary/aromatic N) is 3. The van der Waals surface area contributed by atoms with Crippen molar-refractivity contribution in [3.8, 4) is 41.9 Å². The Kier molecular flexibility index (Phi) is 5.61. The van der Waals surface area contributed by atoms with E-state index in [9.17, 15) is 4.79 Å². The molecule has 0 amide bonds. The average molecular weight is 359 g/mol. The molecule has 2 aromatic carbocycles. The summed E-state index contributed by atoms with van der Waals surface area (Å²) in [6, 6.07) is 16.6. The highest BCUT2D eigenvalue weighted by Crippen LogP contribution is 2.23. The lowest BCUT2D eigenvalue weighted by molar-refractivity contribution is 0.289. The minimum absolute atomic E-state index is 0.0783. The van der Waals surface area contributed by atoms with E-state index in [0.29, 0.717) is 17.3 Å². The molecule has 3 aromatic rings. The highest BCUT2D eigenvalue weighted by Gasteiger charge is 2.12. The van der Waals surface area contributed by atoms with Crippen molar-refractivity contribution in [2.75, 3.05) is 0 Å². The molecule has 6 heteroatoms. The third-order valence-corrected chi connectivity index (χ3v) is 3.66. The van der Waals surface area contributed by atoms with Gasteiger partial charge in [0.25, 0.3) is 0 Å². The first kappa shape index (κ1) is 17.9. The first-order chi connectivity index (χ1) is 13.2. The fourth-order valence-corrected chi connectivity index (χ4v) is 2.41. The highest BCUT2D eigenvalue weighted by molar-refractivity contribution is 5.35. The van der Waals surface area contributed by atoms with Crippen molar-refractivity contribution in [3.63, 3.8) is 0 Å². The van der Waals surface area contributed by atoms with Gasteiger partial charge in [-0.1, -0.05) is 30.0 Å². The van der Waals surface area contributed by atoms with Crippen molar-refractivity contribution in [1.29, 1.82) is 0 Å². The van der Waals surface area contributed by atoms with E-state index in [4.69, 9.17) is 22.3 Å². The number of rotatable bonds is 7. The first-order valence-corrected chi connectivity index (χ1v) is 8.20. The fourth-order valence-electron chi connectivity index (χ4n) is 2.41. The normalized spacial score (nSPS) is 10.0. The van der Waals surface area contributed by atoms with Crippen molar-refractivity contribution in [2.45, 2.75) is 19.7 Å². The van der Waals surface area contributed by atoms with E-state index in [1.165, 1.54) is 9.25 Å². The Labute approximate surface area is 157 Å². The largest absolute Gasteiger partial charge is 0.486 e. The Bertz CT molecular complexity index is 1040. The van der Waals surface area contributed by atoms with E-state index in [2.05, 4.69) is 16.9 Å². The van der Waals surface area contributed by atoms with Crippen LogP contribution in [0.25, 0.3) is 0 Å². The van der Waals surface area contributed by atoms with Crippen LogP contribution in [0.2, 0.25) is 0 Å². The van der Waals surface area contributed by atoms with Crippen molar-refractivity contribution in [3.05, 3.63) is 70.9 Å². The second kappa shape index (κ2) is 8.46. The van der Waals surface area contributed by atoms with E-state index in [0.717, 1.165) is 5.75 Å². The highest BCUT2D eigenvalue weighted by atomic mass is 16.5. The minimum Gasteiger partial charge on any atom is -0.486 e. The zero-order valence-electron chi connectivity index (χ0n) is 14.5. The lowest BCUT2D eigenvalue weighted by Gasteiger charge is -2.08. The SMILES string of the molecule is C#CCn1nc(COc2ccc(Oc3ccccc3)cc2)n(CC#C)c1=O. The molecule has 0 fully saturated rings. The van der Waals surface area contributed by atoms with Gasteiger partial charge in [-0.25, -0.2) is 9.48 Å². The van der Waals surface area contributed by atoms with Gasteiger partial charge in [0.05, 0.1) is 6.54 Å². The Morgan fingerprint density at radius 1 is 0.889 bits per heavy atom. The fraction of sp³-hybridized carbons (Fsp3) is 0.143. The predicted octanol–water partition coefficient (Wildman–Crippen LogP) is 2.68. The summed E-state index contributed by atoms with van der Waals surface area (Å²) in [5.41, 5.74) is -0.351. The molecular weight excluding hydrogens is 342 g/mol. The number of terminal acetylenes is 2. The van der Waals surface area contributed by atoms with Gasteiger partial charge in [0.15, 0.2) is 5.82 Å².